The Morgan fingerprint density at radius 2 is 1.75 bits per heavy atom. The molecule has 124 valence electrons. The van der Waals surface area contributed by atoms with Crippen molar-refractivity contribution in [3.05, 3.63) is 59.3 Å². The minimum Gasteiger partial charge on any atom is -0.478 e. The summed E-state index contributed by atoms with van der Waals surface area (Å²) < 4.78 is 0. The van der Waals surface area contributed by atoms with Crippen LogP contribution in [0.15, 0.2) is 42.6 Å². The molecule has 1 aliphatic rings. The van der Waals surface area contributed by atoms with Crippen LogP contribution < -0.4 is 4.90 Å². The van der Waals surface area contributed by atoms with Crippen molar-refractivity contribution in [2.75, 3.05) is 31.1 Å². The summed E-state index contributed by atoms with van der Waals surface area (Å²) in [6, 6.07) is 10.9. The molecule has 0 unspecified atom stereocenters. The van der Waals surface area contributed by atoms with Crippen LogP contribution in [0.1, 0.15) is 26.3 Å². The minimum absolute atomic E-state index is 0.0573. The van der Waals surface area contributed by atoms with Gasteiger partial charge in [0.05, 0.1) is 5.56 Å². The molecule has 0 saturated carbocycles. The van der Waals surface area contributed by atoms with Crippen LogP contribution in [-0.4, -0.2) is 53.0 Å². The smallest absolute Gasteiger partial charge is 0.337 e. The van der Waals surface area contributed by atoms with Crippen LogP contribution in [0.3, 0.4) is 0 Å². The van der Waals surface area contributed by atoms with E-state index in [0.29, 0.717) is 26.2 Å². The number of nitrogens with zero attached hydrogens (tertiary/aromatic N) is 3. The number of rotatable bonds is 3. The van der Waals surface area contributed by atoms with Gasteiger partial charge in [0.25, 0.3) is 5.91 Å². The second-order valence-corrected chi connectivity index (χ2v) is 5.80. The maximum absolute atomic E-state index is 12.6. The Kier molecular flexibility index (Phi) is 4.46. The number of aromatic nitrogens is 1. The summed E-state index contributed by atoms with van der Waals surface area (Å²) in [5.74, 6) is -0.187. The van der Waals surface area contributed by atoms with Crippen molar-refractivity contribution in [2.24, 2.45) is 0 Å². The summed E-state index contributed by atoms with van der Waals surface area (Å²) >= 11 is 0. The first-order valence-electron chi connectivity index (χ1n) is 7.85. The number of benzene rings is 1. The van der Waals surface area contributed by atoms with Crippen molar-refractivity contribution < 1.29 is 14.7 Å². The van der Waals surface area contributed by atoms with E-state index in [0.717, 1.165) is 16.9 Å². The maximum Gasteiger partial charge on any atom is 0.337 e. The van der Waals surface area contributed by atoms with Gasteiger partial charge in [0.1, 0.15) is 5.82 Å². The van der Waals surface area contributed by atoms with E-state index in [9.17, 15) is 9.59 Å². The molecule has 1 aromatic heterocycles. The van der Waals surface area contributed by atoms with Gasteiger partial charge in [-0.15, -0.1) is 0 Å². The predicted molar refractivity (Wildman–Crippen MR) is 90.5 cm³/mol. The zero-order chi connectivity index (χ0) is 17.1. The number of anilines is 1. The van der Waals surface area contributed by atoms with Gasteiger partial charge in [0.2, 0.25) is 0 Å². The summed E-state index contributed by atoms with van der Waals surface area (Å²) in [4.78, 5) is 31.6. The monoisotopic (exact) mass is 325 g/mol. The summed E-state index contributed by atoms with van der Waals surface area (Å²) in [6.07, 6.45) is 1.36. The Labute approximate surface area is 140 Å². The fourth-order valence-corrected chi connectivity index (χ4v) is 2.82. The molecule has 3 rings (SSSR count). The molecule has 24 heavy (non-hydrogen) atoms. The zero-order valence-corrected chi connectivity index (χ0v) is 13.5. The number of aromatic carboxylic acids is 1. The Hall–Kier alpha value is -2.89. The third-order valence-electron chi connectivity index (χ3n) is 4.26. The highest BCUT2D eigenvalue weighted by molar-refractivity contribution is 5.95. The number of amides is 1. The molecule has 1 amide bonds. The third kappa shape index (κ3) is 3.22. The van der Waals surface area contributed by atoms with Crippen LogP contribution in [0, 0.1) is 6.92 Å². The van der Waals surface area contributed by atoms with Crippen LogP contribution in [0.5, 0.6) is 0 Å². The van der Waals surface area contributed by atoms with Gasteiger partial charge in [-0.25, -0.2) is 9.78 Å². The number of carboxylic acid groups (broad SMARTS) is 1. The first-order chi connectivity index (χ1) is 11.6. The van der Waals surface area contributed by atoms with E-state index in [1.165, 1.54) is 6.20 Å². The Morgan fingerprint density at radius 3 is 2.33 bits per heavy atom. The number of carboxylic acids is 1. The lowest BCUT2D eigenvalue weighted by Gasteiger charge is -2.35. The van der Waals surface area contributed by atoms with Gasteiger partial charge in [-0.3, -0.25) is 4.79 Å². The van der Waals surface area contributed by atoms with Crippen LogP contribution in [-0.2, 0) is 0 Å². The van der Waals surface area contributed by atoms with Crippen molar-refractivity contribution in [1.82, 2.24) is 9.88 Å². The van der Waals surface area contributed by atoms with E-state index >= 15 is 0 Å². The van der Waals surface area contributed by atoms with Gasteiger partial charge in [0.15, 0.2) is 0 Å². The number of hydrogen-bond donors (Lipinski definition) is 1. The molecule has 0 aliphatic carbocycles. The Morgan fingerprint density at radius 1 is 1.04 bits per heavy atom. The van der Waals surface area contributed by atoms with Crippen molar-refractivity contribution in [1.29, 1.82) is 0 Å². The highest BCUT2D eigenvalue weighted by Gasteiger charge is 2.23. The van der Waals surface area contributed by atoms with Crippen molar-refractivity contribution in [2.45, 2.75) is 6.92 Å². The third-order valence-corrected chi connectivity index (χ3v) is 4.26. The number of hydrogen-bond acceptors (Lipinski definition) is 4. The van der Waals surface area contributed by atoms with E-state index in [4.69, 9.17) is 5.11 Å². The quantitative estimate of drug-likeness (QED) is 0.935. The maximum atomic E-state index is 12.6. The highest BCUT2D eigenvalue weighted by Crippen LogP contribution is 2.17. The molecule has 6 nitrogen and oxygen atoms in total. The lowest BCUT2D eigenvalue weighted by molar-refractivity contribution is 0.0694. The van der Waals surface area contributed by atoms with Crippen LogP contribution in [0.25, 0.3) is 0 Å². The van der Waals surface area contributed by atoms with Gasteiger partial charge < -0.3 is 14.9 Å². The zero-order valence-electron chi connectivity index (χ0n) is 13.5. The molecule has 1 N–H and O–H groups in total. The van der Waals surface area contributed by atoms with Gasteiger partial charge in [-0.05, 0) is 30.7 Å². The van der Waals surface area contributed by atoms with Gasteiger partial charge in [0, 0.05) is 37.9 Å². The molecule has 0 bridgehead atoms. The average Bonchev–Trinajstić information content (AvgIpc) is 2.62. The first kappa shape index (κ1) is 16.0. The van der Waals surface area contributed by atoms with E-state index in [-0.39, 0.29) is 11.5 Å². The molecule has 2 aromatic rings. The molecule has 0 radical (unpaired) electrons. The van der Waals surface area contributed by atoms with Crippen LogP contribution in [0.2, 0.25) is 0 Å². The molecule has 1 aromatic carbocycles. The number of pyridine rings is 1. The molecule has 2 heterocycles. The lowest BCUT2D eigenvalue weighted by Crippen LogP contribution is -2.49. The summed E-state index contributed by atoms with van der Waals surface area (Å²) in [5.41, 5.74) is 1.90. The topological polar surface area (TPSA) is 73.7 Å². The molecule has 1 fully saturated rings. The number of piperazine rings is 1. The summed E-state index contributed by atoms with van der Waals surface area (Å²) in [6.45, 7) is 4.54. The van der Waals surface area contributed by atoms with Gasteiger partial charge in [-0.1, -0.05) is 18.2 Å². The second kappa shape index (κ2) is 6.70. The normalized spacial score (nSPS) is 14.5. The van der Waals surface area contributed by atoms with E-state index in [2.05, 4.69) is 9.88 Å². The molecule has 1 aliphatic heterocycles. The molecular weight excluding hydrogens is 306 g/mol. The fraction of sp³-hybridized carbons (Fsp3) is 0.278. The molecule has 0 atom stereocenters. The average molecular weight is 325 g/mol. The lowest BCUT2D eigenvalue weighted by atomic mass is 10.1. The SMILES string of the molecule is Cc1ccccc1C(=O)N1CCN(c2ccc(C(=O)O)cn2)CC1. The van der Waals surface area contributed by atoms with E-state index in [1.54, 1.807) is 12.1 Å². The van der Waals surface area contributed by atoms with Gasteiger partial charge >= 0.3 is 5.97 Å². The summed E-state index contributed by atoms with van der Waals surface area (Å²) in [5, 5.41) is 8.91. The fourth-order valence-electron chi connectivity index (χ4n) is 2.82. The largest absolute Gasteiger partial charge is 0.478 e. The van der Waals surface area contributed by atoms with Crippen LogP contribution in [0.4, 0.5) is 5.82 Å². The Balaban J connectivity index is 1.64. The highest BCUT2D eigenvalue weighted by atomic mass is 16.4. The first-order valence-corrected chi connectivity index (χ1v) is 7.85. The molecule has 6 heteroatoms. The van der Waals surface area contributed by atoms with Crippen LogP contribution >= 0.6 is 0 Å². The molecular formula is C18H19N3O3. The van der Waals surface area contributed by atoms with E-state index < -0.39 is 5.97 Å². The van der Waals surface area contributed by atoms with Crippen molar-refractivity contribution in [3.8, 4) is 0 Å². The second-order valence-electron chi connectivity index (χ2n) is 5.80. The van der Waals surface area contributed by atoms with Crippen molar-refractivity contribution >= 4 is 17.7 Å². The number of carbonyl (C=O) groups excluding carboxylic acids is 1. The molecule has 1 saturated heterocycles. The summed E-state index contributed by atoms with van der Waals surface area (Å²) in [7, 11) is 0. The number of aryl methyl sites for hydroxylation is 1. The molecule has 0 spiro atoms. The van der Waals surface area contributed by atoms with Gasteiger partial charge in [-0.2, -0.15) is 0 Å². The predicted octanol–water partition coefficient (Wildman–Crippen LogP) is 2.05. The number of carbonyl (C=O) groups is 2. The van der Waals surface area contributed by atoms with Crippen molar-refractivity contribution in [3.63, 3.8) is 0 Å². The standard InChI is InChI=1S/C18H19N3O3/c1-13-4-2-3-5-15(13)17(22)21-10-8-20(9-11-21)16-7-6-14(12-19-16)18(23)24/h2-7,12H,8-11H2,1H3,(H,23,24). The van der Waals surface area contributed by atoms with E-state index in [1.807, 2.05) is 36.1 Å². The Bertz CT molecular complexity index is 750. The minimum atomic E-state index is -0.984.